The van der Waals surface area contributed by atoms with Gasteiger partial charge in [-0.2, -0.15) is 0 Å². The van der Waals surface area contributed by atoms with Gasteiger partial charge in [0.1, 0.15) is 5.82 Å². The summed E-state index contributed by atoms with van der Waals surface area (Å²) in [6.45, 7) is 0.901. The van der Waals surface area contributed by atoms with Crippen molar-refractivity contribution in [3.8, 4) is 0 Å². The lowest BCUT2D eigenvalue weighted by Crippen LogP contribution is -2.50. The summed E-state index contributed by atoms with van der Waals surface area (Å²) in [6.07, 6.45) is 2.69. The van der Waals surface area contributed by atoms with Crippen LogP contribution in [0.2, 0.25) is 0 Å². The number of hydrogen-bond acceptors (Lipinski definition) is 3. The molecule has 1 aliphatic carbocycles. The van der Waals surface area contributed by atoms with Crippen molar-refractivity contribution in [1.82, 2.24) is 5.32 Å². The minimum atomic E-state index is -0.808. The van der Waals surface area contributed by atoms with Gasteiger partial charge in [-0.1, -0.05) is 12.1 Å². The van der Waals surface area contributed by atoms with Gasteiger partial charge in [-0.15, -0.1) is 0 Å². The number of nitrogens with one attached hydrogen (secondary N) is 1. The number of carboxylic acid groups (broad SMARTS) is 1. The molecule has 2 N–H and O–H groups in total. The summed E-state index contributed by atoms with van der Waals surface area (Å²) in [5.74, 6) is -1.71. The normalized spacial score (nSPS) is 26.0. The molecule has 2 aliphatic rings. The maximum atomic E-state index is 13.7. The lowest BCUT2D eigenvalue weighted by atomic mass is 9.73. The van der Waals surface area contributed by atoms with E-state index in [0.717, 1.165) is 0 Å². The Kier molecular flexibility index (Phi) is 4.85. The van der Waals surface area contributed by atoms with E-state index in [1.165, 1.54) is 12.1 Å². The molecule has 2 fully saturated rings. The monoisotopic (exact) mass is 335 g/mol. The van der Waals surface area contributed by atoms with Crippen molar-refractivity contribution in [2.75, 3.05) is 13.2 Å². The van der Waals surface area contributed by atoms with Crippen LogP contribution in [0.1, 0.15) is 37.7 Å². The van der Waals surface area contributed by atoms with E-state index >= 15 is 0 Å². The van der Waals surface area contributed by atoms with E-state index in [9.17, 15) is 14.0 Å². The smallest absolute Gasteiger partial charge is 0.306 e. The second-order valence-electron chi connectivity index (χ2n) is 6.72. The van der Waals surface area contributed by atoms with Crippen LogP contribution in [0.25, 0.3) is 0 Å². The molecule has 1 saturated heterocycles. The number of amides is 1. The van der Waals surface area contributed by atoms with Gasteiger partial charge in [-0.25, -0.2) is 4.39 Å². The van der Waals surface area contributed by atoms with Crippen molar-refractivity contribution < 1.29 is 23.8 Å². The summed E-state index contributed by atoms with van der Waals surface area (Å²) in [5.41, 5.74) is -0.141. The van der Waals surface area contributed by atoms with E-state index in [0.29, 0.717) is 50.9 Å². The maximum Gasteiger partial charge on any atom is 0.306 e. The van der Waals surface area contributed by atoms with Gasteiger partial charge >= 0.3 is 5.97 Å². The Morgan fingerprint density at radius 2 is 2.00 bits per heavy atom. The quantitative estimate of drug-likeness (QED) is 0.885. The molecule has 0 bridgehead atoms. The van der Waals surface area contributed by atoms with Crippen molar-refractivity contribution >= 4 is 11.9 Å². The van der Waals surface area contributed by atoms with E-state index in [1.807, 2.05) is 0 Å². The molecule has 24 heavy (non-hydrogen) atoms. The van der Waals surface area contributed by atoms with Crippen LogP contribution in [-0.4, -0.2) is 36.2 Å². The summed E-state index contributed by atoms with van der Waals surface area (Å²) in [5, 5.41) is 12.1. The van der Waals surface area contributed by atoms with Gasteiger partial charge in [0.15, 0.2) is 0 Å². The molecule has 0 spiro atoms. The molecule has 1 aliphatic heterocycles. The van der Waals surface area contributed by atoms with Crippen molar-refractivity contribution in [2.45, 2.75) is 43.6 Å². The van der Waals surface area contributed by atoms with Crippen LogP contribution >= 0.6 is 0 Å². The second-order valence-corrected chi connectivity index (χ2v) is 6.72. The average Bonchev–Trinajstić information content (AvgIpc) is 3.04. The summed E-state index contributed by atoms with van der Waals surface area (Å²) in [6, 6.07) is 6.04. The third-order valence-electron chi connectivity index (χ3n) is 5.28. The molecular weight excluding hydrogens is 313 g/mol. The number of carboxylic acids is 1. The number of rotatable bonds is 4. The van der Waals surface area contributed by atoms with Gasteiger partial charge in [0, 0.05) is 19.3 Å². The van der Waals surface area contributed by atoms with E-state index in [1.54, 1.807) is 12.1 Å². The number of benzene rings is 1. The largest absolute Gasteiger partial charge is 0.481 e. The molecule has 0 radical (unpaired) electrons. The Labute approximate surface area is 140 Å². The van der Waals surface area contributed by atoms with Crippen LogP contribution in [-0.2, 0) is 19.7 Å². The first-order valence-corrected chi connectivity index (χ1v) is 8.39. The Bertz CT molecular complexity index is 627. The highest BCUT2D eigenvalue weighted by Gasteiger charge is 2.43. The predicted octanol–water partition coefficient (Wildman–Crippen LogP) is 2.24. The summed E-state index contributed by atoms with van der Waals surface area (Å²) in [4.78, 5) is 24.1. The topological polar surface area (TPSA) is 75.6 Å². The Balaban J connectivity index is 1.79. The number of ether oxygens (including phenoxy) is 1. The van der Waals surface area contributed by atoms with E-state index in [2.05, 4.69) is 5.32 Å². The van der Waals surface area contributed by atoms with Gasteiger partial charge in [0.2, 0.25) is 5.91 Å². The first kappa shape index (κ1) is 16.9. The standard InChI is InChI=1S/C18H22FNO4/c19-14-3-1-2-13(11-14)18(6-8-24-9-7-18)17(23)20-15-5-4-12(10-15)16(21)22/h1-3,11-12,15H,4-10H2,(H,20,23)(H,21,22)/t12-,15+/m1/s1. The van der Waals surface area contributed by atoms with Gasteiger partial charge in [-0.3, -0.25) is 9.59 Å². The Morgan fingerprint density at radius 1 is 1.25 bits per heavy atom. The Morgan fingerprint density at radius 3 is 2.62 bits per heavy atom. The SMILES string of the molecule is O=C(O)[C@@H]1CC[C@H](NC(=O)C2(c3cccc(F)c3)CCOCC2)C1. The van der Waals surface area contributed by atoms with Crippen LogP contribution in [0.3, 0.4) is 0 Å². The fourth-order valence-corrected chi connectivity index (χ4v) is 3.81. The van der Waals surface area contributed by atoms with Gasteiger partial charge in [-0.05, 0) is 49.8 Å². The number of carbonyl (C=O) groups is 2. The van der Waals surface area contributed by atoms with E-state index < -0.39 is 17.3 Å². The molecular formula is C18H22FNO4. The highest BCUT2D eigenvalue weighted by molar-refractivity contribution is 5.88. The lowest BCUT2D eigenvalue weighted by Gasteiger charge is -2.37. The fourth-order valence-electron chi connectivity index (χ4n) is 3.81. The van der Waals surface area contributed by atoms with Crippen LogP contribution in [0.5, 0.6) is 0 Å². The molecule has 0 unspecified atom stereocenters. The minimum Gasteiger partial charge on any atom is -0.481 e. The maximum absolute atomic E-state index is 13.7. The summed E-state index contributed by atoms with van der Waals surface area (Å²) >= 11 is 0. The summed E-state index contributed by atoms with van der Waals surface area (Å²) in [7, 11) is 0. The molecule has 5 nitrogen and oxygen atoms in total. The zero-order valence-electron chi connectivity index (χ0n) is 13.5. The highest BCUT2D eigenvalue weighted by Crippen LogP contribution is 2.36. The molecule has 130 valence electrons. The predicted molar refractivity (Wildman–Crippen MR) is 85.0 cm³/mol. The zero-order valence-corrected chi connectivity index (χ0v) is 13.5. The van der Waals surface area contributed by atoms with Gasteiger partial charge < -0.3 is 15.2 Å². The van der Waals surface area contributed by atoms with Gasteiger partial charge in [0.25, 0.3) is 0 Å². The zero-order chi connectivity index (χ0) is 17.2. The fraction of sp³-hybridized carbons (Fsp3) is 0.556. The first-order valence-electron chi connectivity index (χ1n) is 8.39. The lowest BCUT2D eigenvalue weighted by molar-refractivity contribution is -0.141. The van der Waals surface area contributed by atoms with Crippen LogP contribution in [0.15, 0.2) is 24.3 Å². The van der Waals surface area contributed by atoms with Crippen LogP contribution < -0.4 is 5.32 Å². The molecule has 1 saturated carbocycles. The van der Waals surface area contributed by atoms with Crippen molar-refractivity contribution in [3.05, 3.63) is 35.6 Å². The molecule has 1 heterocycles. The number of hydrogen-bond donors (Lipinski definition) is 2. The molecule has 1 amide bonds. The van der Waals surface area contributed by atoms with E-state index in [4.69, 9.17) is 9.84 Å². The molecule has 0 aromatic heterocycles. The van der Waals surface area contributed by atoms with Crippen LogP contribution in [0.4, 0.5) is 4.39 Å². The third-order valence-corrected chi connectivity index (χ3v) is 5.28. The molecule has 3 rings (SSSR count). The highest BCUT2D eigenvalue weighted by atomic mass is 19.1. The average molecular weight is 335 g/mol. The first-order chi connectivity index (χ1) is 11.5. The van der Waals surface area contributed by atoms with Crippen LogP contribution in [0, 0.1) is 11.7 Å². The van der Waals surface area contributed by atoms with Crippen molar-refractivity contribution in [2.24, 2.45) is 5.92 Å². The van der Waals surface area contributed by atoms with E-state index in [-0.39, 0.29) is 17.8 Å². The van der Waals surface area contributed by atoms with Gasteiger partial charge in [0.05, 0.1) is 11.3 Å². The van der Waals surface area contributed by atoms with Crippen molar-refractivity contribution in [3.63, 3.8) is 0 Å². The summed E-state index contributed by atoms with van der Waals surface area (Å²) < 4.78 is 19.1. The molecule has 6 heteroatoms. The number of halogens is 1. The second kappa shape index (κ2) is 6.89. The number of aliphatic carboxylic acids is 1. The Hall–Kier alpha value is -1.95. The molecule has 1 aromatic rings. The molecule has 1 aromatic carbocycles. The number of carbonyl (C=O) groups excluding carboxylic acids is 1. The third kappa shape index (κ3) is 3.29. The van der Waals surface area contributed by atoms with Crippen molar-refractivity contribution in [1.29, 1.82) is 0 Å². The molecule has 2 atom stereocenters. The minimum absolute atomic E-state index is 0.133.